The summed E-state index contributed by atoms with van der Waals surface area (Å²) in [5.74, 6) is 1.30. The zero-order valence-corrected chi connectivity index (χ0v) is 18.7. The van der Waals surface area contributed by atoms with Crippen LogP contribution in [0.3, 0.4) is 0 Å². The van der Waals surface area contributed by atoms with Gasteiger partial charge in [0.15, 0.2) is 5.58 Å². The van der Waals surface area contributed by atoms with Crippen molar-refractivity contribution >= 4 is 22.9 Å². The fraction of sp³-hybridized carbons (Fsp3) is 0.522. The Morgan fingerprint density at radius 1 is 1.22 bits per heavy atom. The number of aryl methyl sites for hydroxylation is 1. The highest BCUT2D eigenvalue weighted by molar-refractivity contribution is 5.80. The molecule has 1 fully saturated rings. The van der Waals surface area contributed by atoms with Crippen LogP contribution in [0.5, 0.6) is 0 Å². The van der Waals surface area contributed by atoms with Crippen LogP contribution in [0.25, 0.3) is 22.6 Å². The Bertz CT molecular complexity index is 1020. The quantitative estimate of drug-likeness (QED) is 0.371. The minimum atomic E-state index is -0.572. The average molecular weight is 442 g/mol. The van der Waals surface area contributed by atoms with Gasteiger partial charge in [0.25, 0.3) is 0 Å². The van der Waals surface area contributed by atoms with E-state index in [4.69, 9.17) is 14.1 Å². The van der Waals surface area contributed by atoms with Gasteiger partial charge in [-0.15, -0.1) is 0 Å². The molecule has 3 aromatic rings. The summed E-state index contributed by atoms with van der Waals surface area (Å²) in [6.07, 6.45) is 0.0686. The molecule has 0 spiro atoms. The van der Waals surface area contributed by atoms with Crippen molar-refractivity contribution in [3.63, 3.8) is 0 Å². The molecule has 1 saturated carbocycles. The standard InChI is InChI=1S/C23H31N5O4/c1-4-31-10-9-24-23-25-14(3)19(22-27-16-7-5-6-8-18(16)32-22)21(28-23)26-17-11-15(12-29)20(30)13(17)2/h5-8,13,15,17,20,29-30H,4,9-12H2,1-3H3,(H2,24,25,26,28)/t13-,15+,17+,20-/m0/s1. The Balaban J connectivity index is 1.69. The molecule has 0 bridgehead atoms. The van der Waals surface area contributed by atoms with Gasteiger partial charge in [-0.1, -0.05) is 19.1 Å². The molecule has 4 N–H and O–H groups in total. The second kappa shape index (κ2) is 9.81. The third-order valence-corrected chi connectivity index (χ3v) is 6.10. The minimum absolute atomic E-state index is 0.0469. The highest BCUT2D eigenvalue weighted by Crippen LogP contribution is 2.37. The van der Waals surface area contributed by atoms with Crippen molar-refractivity contribution in [3.8, 4) is 11.5 Å². The number of oxazole rings is 1. The van der Waals surface area contributed by atoms with Gasteiger partial charge in [-0.2, -0.15) is 4.98 Å². The molecule has 4 atom stereocenters. The van der Waals surface area contributed by atoms with E-state index in [1.165, 1.54) is 0 Å². The first-order chi connectivity index (χ1) is 15.5. The lowest BCUT2D eigenvalue weighted by atomic mass is 10.0. The van der Waals surface area contributed by atoms with Gasteiger partial charge in [-0.05, 0) is 32.4 Å². The summed E-state index contributed by atoms with van der Waals surface area (Å²) in [4.78, 5) is 14.0. The summed E-state index contributed by atoms with van der Waals surface area (Å²) in [6.45, 7) is 7.57. The van der Waals surface area contributed by atoms with Crippen LogP contribution >= 0.6 is 0 Å². The molecular weight excluding hydrogens is 410 g/mol. The van der Waals surface area contributed by atoms with Crippen molar-refractivity contribution in [1.82, 2.24) is 15.0 Å². The van der Waals surface area contributed by atoms with Gasteiger partial charge in [0.05, 0.1) is 18.4 Å². The first kappa shape index (κ1) is 22.4. The van der Waals surface area contributed by atoms with E-state index in [2.05, 4.69) is 20.6 Å². The third kappa shape index (κ3) is 4.55. The number of benzene rings is 1. The molecule has 1 aromatic carbocycles. The highest BCUT2D eigenvalue weighted by atomic mass is 16.5. The lowest BCUT2D eigenvalue weighted by Gasteiger charge is -2.22. The average Bonchev–Trinajstić information content (AvgIpc) is 3.32. The van der Waals surface area contributed by atoms with Crippen molar-refractivity contribution < 1.29 is 19.4 Å². The predicted molar refractivity (Wildman–Crippen MR) is 123 cm³/mol. The van der Waals surface area contributed by atoms with E-state index < -0.39 is 6.10 Å². The van der Waals surface area contributed by atoms with Gasteiger partial charge in [-0.25, -0.2) is 9.97 Å². The van der Waals surface area contributed by atoms with Crippen LogP contribution in [-0.4, -0.2) is 63.7 Å². The zero-order chi connectivity index (χ0) is 22.7. The van der Waals surface area contributed by atoms with Crippen LogP contribution in [0.4, 0.5) is 11.8 Å². The minimum Gasteiger partial charge on any atom is -0.436 e. The number of hydrogen-bond donors (Lipinski definition) is 4. The predicted octanol–water partition coefficient (Wildman–Crippen LogP) is 2.83. The molecule has 0 unspecified atom stereocenters. The second-order valence-electron chi connectivity index (χ2n) is 8.25. The Kier molecular flexibility index (Phi) is 6.88. The van der Waals surface area contributed by atoms with Crippen molar-refractivity contribution in [2.45, 2.75) is 39.3 Å². The molecule has 1 aliphatic carbocycles. The number of nitrogens with zero attached hydrogens (tertiary/aromatic N) is 3. The molecule has 0 amide bonds. The number of aliphatic hydroxyl groups is 2. The van der Waals surface area contributed by atoms with Gasteiger partial charge in [0.2, 0.25) is 11.8 Å². The fourth-order valence-electron chi connectivity index (χ4n) is 4.27. The van der Waals surface area contributed by atoms with E-state index in [1.807, 2.05) is 45.0 Å². The van der Waals surface area contributed by atoms with E-state index in [-0.39, 0.29) is 24.5 Å². The zero-order valence-electron chi connectivity index (χ0n) is 18.7. The maximum atomic E-state index is 10.5. The van der Waals surface area contributed by atoms with Crippen LogP contribution in [0, 0.1) is 18.8 Å². The number of hydrogen-bond acceptors (Lipinski definition) is 9. The van der Waals surface area contributed by atoms with Crippen LogP contribution in [-0.2, 0) is 4.74 Å². The van der Waals surface area contributed by atoms with Crippen LogP contribution in [0.15, 0.2) is 28.7 Å². The first-order valence-electron chi connectivity index (χ1n) is 11.1. The molecule has 2 aromatic heterocycles. The van der Waals surface area contributed by atoms with Gasteiger partial charge in [-0.3, -0.25) is 0 Å². The van der Waals surface area contributed by atoms with E-state index in [0.717, 1.165) is 11.2 Å². The van der Waals surface area contributed by atoms with Gasteiger partial charge in [0, 0.05) is 37.6 Å². The summed E-state index contributed by atoms with van der Waals surface area (Å²) in [6, 6.07) is 7.54. The van der Waals surface area contributed by atoms with Crippen molar-refractivity contribution in [3.05, 3.63) is 30.0 Å². The summed E-state index contributed by atoms with van der Waals surface area (Å²) in [5, 5.41) is 26.8. The summed E-state index contributed by atoms with van der Waals surface area (Å²) >= 11 is 0. The molecule has 4 rings (SSSR count). The lowest BCUT2D eigenvalue weighted by molar-refractivity contribution is 0.0655. The van der Waals surface area contributed by atoms with Crippen molar-refractivity contribution in [2.75, 3.05) is 37.0 Å². The molecule has 0 aliphatic heterocycles. The maximum absolute atomic E-state index is 10.5. The monoisotopic (exact) mass is 441 g/mol. The third-order valence-electron chi connectivity index (χ3n) is 6.10. The number of nitrogens with one attached hydrogen (secondary N) is 2. The van der Waals surface area contributed by atoms with E-state index in [9.17, 15) is 10.2 Å². The number of ether oxygens (including phenoxy) is 1. The van der Waals surface area contributed by atoms with Crippen LogP contribution in [0.1, 0.15) is 26.0 Å². The molecule has 1 aliphatic rings. The molecule has 0 radical (unpaired) electrons. The summed E-state index contributed by atoms with van der Waals surface area (Å²) < 4.78 is 11.4. The van der Waals surface area contributed by atoms with Gasteiger partial charge in [0.1, 0.15) is 16.9 Å². The molecule has 32 heavy (non-hydrogen) atoms. The number of aromatic nitrogens is 3. The van der Waals surface area contributed by atoms with Crippen molar-refractivity contribution in [1.29, 1.82) is 0 Å². The van der Waals surface area contributed by atoms with Gasteiger partial charge >= 0.3 is 0 Å². The summed E-state index contributed by atoms with van der Waals surface area (Å²) in [7, 11) is 0. The van der Waals surface area contributed by atoms with E-state index in [1.54, 1.807) is 0 Å². The Morgan fingerprint density at radius 3 is 2.75 bits per heavy atom. The van der Waals surface area contributed by atoms with E-state index >= 15 is 0 Å². The maximum Gasteiger partial charge on any atom is 0.232 e. The molecular formula is C23H31N5O4. The molecule has 0 saturated heterocycles. The lowest BCUT2D eigenvalue weighted by Crippen LogP contribution is -2.28. The smallest absolute Gasteiger partial charge is 0.232 e. The second-order valence-corrected chi connectivity index (χ2v) is 8.25. The van der Waals surface area contributed by atoms with E-state index in [0.29, 0.717) is 55.0 Å². The van der Waals surface area contributed by atoms with Crippen LogP contribution < -0.4 is 10.6 Å². The number of fused-ring (bicyclic) bond motifs is 1. The molecule has 9 nitrogen and oxygen atoms in total. The largest absolute Gasteiger partial charge is 0.436 e. The normalized spacial score (nSPS) is 23.0. The van der Waals surface area contributed by atoms with Gasteiger partial charge < -0.3 is 30.0 Å². The van der Waals surface area contributed by atoms with Crippen LogP contribution in [0.2, 0.25) is 0 Å². The molecule has 9 heteroatoms. The first-order valence-corrected chi connectivity index (χ1v) is 11.1. The summed E-state index contributed by atoms with van der Waals surface area (Å²) in [5.41, 5.74) is 2.86. The molecule has 2 heterocycles. The fourth-order valence-corrected chi connectivity index (χ4v) is 4.27. The Labute approximate surface area is 187 Å². The number of para-hydroxylation sites is 2. The highest BCUT2D eigenvalue weighted by Gasteiger charge is 2.40. The topological polar surface area (TPSA) is 126 Å². The Morgan fingerprint density at radius 2 is 2.03 bits per heavy atom. The molecule has 172 valence electrons. The van der Waals surface area contributed by atoms with Crippen molar-refractivity contribution in [2.24, 2.45) is 11.8 Å². The number of aliphatic hydroxyl groups excluding tert-OH is 2. The number of anilines is 2. The number of rotatable bonds is 9. The SMILES string of the molecule is CCOCCNc1nc(C)c(-c2nc3ccccc3o2)c(N[C@@H]2C[C@H](CO)[C@@H](O)[C@H]2C)n1. The Hall–Kier alpha value is -2.75.